The number of fused-ring (bicyclic) bond motifs is 1. The van der Waals surface area contributed by atoms with Crippen molar-refractivity contribution in [2.45, 2.75) is 25.9 Å². The molecule has 2 atom stereocenters. The number of aromatic nitrogens is 2. The Bertz CT molecular complexity index is 654. The van der Waals surface area contributed by atoms with Crippen LogP contribution in [-0.2, 0) is 16.6 Å². The van der Waals surface area contributed by atoms with Gasteiger partial charge >= 0.3 is 0 Å². The second-order valence-corrected chi connectivity index (χ2v) is 7.67. The van der Waals surface area contributed by atoms with Gasteiger partial charge in [0.1, 0.15) is 5.69 Å². The second kappa shape index (κ2) is 5.10. The predicted molar refractivity (Wildman–Crippen MR) is 77.2 cm³/mol. The van der Waals surface area contributed by atoms with Crippen molar-refractivity contribution in [3.8, 4) is 0 Å². The number of carbonyl (C=O) groups is 1. The lowest BCUT2D eigenvalue weighted by molar-refractivity contribution is 0.0135. The summed E-state index contributed by atoms with van der Waals surface area (Å²) in [5, 5.41) is 4.12. The maximum Gasteiger partial charge on any atom is 0.272 e. The highest BCUT2D eigenvalue weighted by atomic mass is 32.2. The van der Waals surface area contributed by atoms with Gasteiger partial charge in [0.2, 0.25) is 10.0 Å². The van der Waals surface area contributed by atoms with Crippen molar-refractivity contribution in [1.29, 1.82) is 0 Å². The topological polar surface area (TPSA) is 75.5 Å². The van der Waals surface area contributed by atoms with Crippen LogP contribution in [0.5, 0.6) is 0 Å². The van der Waals surface area contributed by atoms with E-state index < -0.39 is 10.0 Å². The average molecular weight is 312 g/mol. The lowest BCUT2D eigenvalue weighted by atomic mass is 9.85. The maximum atomic E-state index is 12.6. The quantitative estimate of drug-likeness (QED) is 0.788. The summed E-state index contributed by atoms with van der Waals surface area (Å²) in [5.41, 5.74) is 0.571. The number of sulfonamides is 1. The summed E-state index contributed by atoms with van der Waals surface area (Å²) < 4.78 is 26.5. The molecule has 2 saturated heterocycles. The lowest BCUT2D eigenvalue weighted by Gasteiger charge is -2.51. The largest absolute Gasteiger partial charge is 0.336 e. The highest BCUT2D eigenvalue weighted by Gasteiger charge is 2.47. The first kappa shape index (κ1) is 14.5. The molecule has 116 valence electrons. The number of aryl methyl sites for hydroxylation is 1. The van der Waals surface area contributed by atoms with Gasteiger partial charge in [-0.15, -0.1) is 0 Å². The highest BCUT2D eigenvalue weighted by Crippen LogP contribution is 2.34. The van der Waals surface area contributed by atoms with Crippen LogP contribution < -0.4 is 0 Å². The van der Waals surface area contributed by atoms with Crippen LogP contribution in [0, 0.1) is 5.92 Å². The van der Waals surface area contributed by atoms with E-state index in [0.717, 1.165) is 6.42 Å². The molecular weight excluding hydrogens is 292 g/mol. The first-order valence-electron chi connectivity index (χ1n) is 7.19. The third kappa shape index (κ3) is 2.46. The first-order valence-corrected chi connectivity index (χ1v) is 9.04. The number of hydrogen-bond donors (Lipinski definition) is 0. The molecule has 21 heavy (non-hydrogen) atoms. The van der Waals surface area contributed by atoms with Crippen molar-refractivity contribution in [3.05, 3.63) is 18.0 Å². The molecule has 0 unspecified atom stereocenters. The van der Waals surface area contributed by atoms with Crippen molar-refractivity contribution >= 4 is 15.9 Å². The number of likely N-dealkylation sites (tertiary alicyclic amines) is 1. The van der Waals surface area contributed by atoms with E-state index in [2.05, 4.69) is 5.10 Å². The Labute approximate surface area is 124 Å². The molecule has 0 spiro atoms. The monoisotopic (exact) mass is 312 g/mol. The van der Waals surface area contributed by atoms with Gasteiger partial charge in [-0.1, -0.05) is 0 Å². The minimum absolute atomic E-state index is 0.0595. The van der Waals surface area contributed by atoms with Gasteiger partial charge in [-0.3, -0.25) is 9.48 Å². The summed E-state index contributed by atoms with van der Waals surface area (Å²) in [6.07, 6.45) is 3.72. The molecule has 1 aromatic rings. The summed E-state index contributed by atoms with van der Waals surface area (Å²) >= 11 is 0. The van der Waals surface area contributed by atoms with E-state index in [-0.39, 0.29) is 11.9 Å². The molecule has 1 amide bonds. The fraction of sp³-hybridized carbons (Fsp3) is 0.692. The Balaban J connectivity index is 1.75. The Morgan fingerprint density at radius 1 is 1.43 bits per heavy atom. The minimum Gasteiger partial charge on any atom is -0.336 e. The maximum absolute atomic E-state index is 12.6. The van der Waals surface area contributed by atoms with Gasteiger partial charge in [-0.25, -0.2) is 8.42 Å². The van der Waals surface area contributed by atoms with Gasteiger partial charge in [-0.2, -0.15) is 9.40 Å². The van der Waals surface area contributed by atoms with E-state index in [1.54, 1.807) is 21.8 Å². The van der Waals surface area contributed by atoms with Gasteiger partial charge in [0.25, 0.3) is 5.91 Å². The van der Waals surface area contributed by atoms with Crippen molar-refractivity contribution in [3.63, 3.8) is 0 Å². The molecule has 2 aliphatic heterocycles. The van der Waals surface area contributed by atoms with E-state index in [0.29, 0.717) is 37.8 Å². The van der Waals surface area contributed by atoms with Crippen LogP contribution in [0.4, 0.5) is 0 Å². The smallest absolute Gasteiger partial charge is 0.272 e. The molecule has 7 nitrogen and oxygen atoms in total. The molecule has 0 saturated carbocycles. The first-order chi connectivity index (χ1) is 9.91. The molecule has 0 aromatic carbocycles. The van der Waals surface area contributed by atoms with E-state index in [1.807, 2.05) is 6.92 Å². The SMILES string of the molecule is CCn1nccc1C(=O)N1CC[C@@H]2CN(S(C)(=O)=O)[C@@H]2C1. The van der Waals surface area contributed by atoms with Gasteiger partial charge < -0.3 is 4.90 Å². The molecule has 0 radical (unpaired) electrons. The standard InChI is InChI=1S/C13H20N4O3S/c1-3-16-11(4-6-14-16)13(18)15-7-5-10-8-17(12(10)9-15)21(2,19)20/h4,6,10,12H,3,5,7-9H2,1-2H3/t10-,12-/m1/s1. The average Bonchev–Trinajstić information content (AvgIpc) is 2.86. The summed E-state index contributed by atoms with van der Waals surface area (Å²) in [6.45, 7) is 4.34. The van der Waals surface area contributed by atoms with E-state index >= 15 is 0 Å². The van der Waals surface area contributed by atoms with E-state index in [1.165, 1.54) is 10.6 Å². The normalized spacial score (nSPS) is 26.3. The number of carbonyl (C=O) groups excluding carboxylic acids is 1. The third-order valence-corrected chi connectivity index (χ3v) is 5.73. The second-order valence-electron chi connectivity index (χ2n) is 5.73. The zero-order valence-corrected chi connectivity index (χ0v) is 13.1. The fourth-order valence-electron chi connectivity index (χ4n) is 3.24. The molecule has 3 heterocycles. The molecule has 0 bridgehead atoms. The highest BCUT2D eigenvalue weighted by molar-refractivity contribution is 7.88. The molecule has 0 N–H and O–H groups in total. The molecule has 2 aliphatic rings. The van der Waals surface area contributed by atoms with Crippen molar-refractivity contribution < 1.29 is 13.2 Å². The number of amides is 1. The Hall–Kier alpha value is -1.41. The molecule has 0 aliphatic carbocycles. The summed E-state index contributed by atoms with van der Waals surface area (Å²) in [5.74, 6) is 0.327. The zero-order chi connectivity index (χ0) is 15.2. The third-order valence-electron chi connectivity index (χ3n) is 4.45. The van der Waals surface area contributed by atoms with Crippen LogP contribution >= 0.6 is 0 Å². The van der Waals surface area contributed by atoms with Crippen LogP contribution in [0.2, 0.25) is 0 Å². The number of nitrogens with zero attached hydrogens (tertiary/aromatic N) is 4. The summed E-state index contributed by atoms with van der Waals surface area (Å²) in [4.78, 5) is 14.3. The summed E-state index contributed by atoms with van der Waals surface area (Å²) in [7, 11) is -3.17. The van der Waals surface area contributed by atoms with Crippen LogP contribution in [-0.4, -0.2) is 65.2 Å². The molecule has 2 fully saturated rings. The fourth-order valence-corrected chi connectivity index (χ4v) is 4.43. The van der Waals surface area contributed by atoms with Crippen LogP contribution in [0.1, 0.15) is 23.8 Å². The van der Waals surface area contributed by atoms with Crippen molar-refractivity contribution in [2.75, 3.05) is 25.9 Å². The van der Waals surface area contributed by atoms with Crippen molar-refractivity contribution in [1.82, 2.24) is 19.0 Å². The van der Waals surface area contributed by atoms with Gasteiger partial charge in [0, 0.05) is 38.4 Å². The number of piperidine rings is 1. The zero-order valence-electron chi connectivity index (χ0n) is 12.3. The Morgan fingerprint density at radius 3 is 2.86 bits per heavy atom. The summed E-state index contributed by atoms with van der Waals surface area (Å²) in [6, 6.07) is 1.66. The minimum atomic E-state index is -3.17. The molecular formula is C13H20N4O3S. The van der Waals surface area contributed by atoms with E-state index in [9.17, 15) is 13.2 Å². The molecule has 1 aromatic heterocycles. The Kier molecular flexibility index (Phi) is 3.53. The molecule has 3 rings (SSSR count). The van der Waals surface area contributed by atoms with Crippen LogP contribution in [0.3, 0.4) is 0 Å². The van der Waals surface area contributed by atoms with Gasteiger partial charge in [0.15, 0.2) is 0 Å². The number of rotatable bonds is 3. The van der Waals surface area contributed by atoms with Crippen LogP contribution in [0.15, 0.2) is 12.3 Å². The molecule has 8 heteroatoms. The van der Waals surface area contributed by atoms with E-state index in [4.69, 9.17) is 0 Å². The lowest BCUT2D eigenvalue weighted by Crippen LogP contribution is -2.65. The van der Waals surface area contributed by atoms with Gasteiger partial charge in [-0.05, 0) is 25.3 Å². The van der Waals surface area contributed by atoms with Gasteiger partial charge in [0.05, 0.1) is 6.26 Å². The van der Waals surface area contributed by atoms with Crippen LogP contribution in [0.25, 0.3) is 0 Å². The number of hydrogen-bond acceptors (Lipinski definition) is 4. The van der Waals surface area contributed by atoms with Crippen molar-refractivity contribution in [2.24, 2.45) is 5.92 Å². The predicted octanol–water partition coefficient (Wildman–Crippen LogP) is 0.00890. The Morgan fingerprint density at radius 2 is 2.19 bits per heavy atom.